The molecule has 2 fully saturated rings. The van der Waals surface area contributed by atoms with E-state index in [0.717, 1.165) is 76.1 Å². The molecule has 27 heavy (non-hydrogen) atoms. The first-order valence-corrected chi connectivity index (χ1v) is 9.90. The van der Waals surface area contributed by atoms with Gasteiger partial charge in [0.25, 0.3) is 0 Å². The summed E-state index contributed by atoms with van der Waals surface area (Å²) < 4.78 is 5.40. The quantitative estimate of drug-likeness (QED) is 0.789. The van der Waals surface area contributed by atoms with Gasteiger partial charge in [0.15, 0.2) is 0 Å². The van der Waals surface area contributed by atoms with Crippen LogP contribution in [0, 0.1) is 0 Å². The maximum absolute atomic E-state index is 6.18. The molecule has 8 heteroatoms. The van der Waals surface area contributed by atoms with Crippen LogP contribution in [0.25, 0.3) is 0 Å². The lowest BCUT2D eigenvalue weighted by Crippen LogP contribution is -2.39. The fourth-order valence-electron chi connectivity index (χ4n) is 3.57. The highest BCUT2D eigenvalue weighted by Crippen LogP contribution is 2.20. The molecule has 0 aromatic carbocycles. The lowest BCUT2D eigenvalue weighted by Gasteiger charge is -2.33. The van der Waals surface area contributed by atoms with Gasteiger partial charge in [-0.1, -0.05) is 17.7 Å². The van der Waals surface area contributed by atoms with Crippen molar-refractivity contribution in [2.45, 2.75) is 25.4 Å². The Kier molecular flexibility index (Phi) is 6.01. The third-order valence-electron chi connectivity index (χ3n) is 5.11. The van der Waals surface area contributed by atoms with Gasteiger partial charge in [-0.2, -0.15) is 4.98 Å². The molecule has 0 radical (unpaired) electrons. The fraction of sp³-hybridized carbons (Fsp3) is 0.526. The number of hydrogen-bond donors (Lipinski definition) is 1. The third-order valence-corrected chi connectivity index (χ3v) is 5.45. The fourth-order valence-corrected chi connectivity index (χ4v) is 3.75. The van der Waals surface area contributed by atoms with Gasteiger partial charge >= 0.3 is 0 Å². The van der Waals surface area contributed by atoms with Crippen LogP contribution in [0.1, 0.15) is 18.4 Å². The predicted octanol–water partition coefficient (Wildman–Crippen LogP) is 2.44. The van der Waals surface area contributed by atoms with Crippen LogP contribution in [0.5, 0.6) is 0 Å². The Morgan fingerprint density at radius 2 is 1.89 bits per heavy atom. The molecule has 7 nitrogen and oxygen atoms in total. The van der Waals surface area contributed by atoms with E-state index in [1.165, 1.54) is 0 Å². The number of nitrogens with zero attached hydrogens (tertiary/aromatic N) is 5. The molecular weight excluding hydrogens is 364 g/mol. The third kappa shape index (κ3) is 4.86. The van der Waals surface area contributed by atoms with Gasteiger partial charge in [0.2, 0.25) is 5.95 Å². The van der Waals surface area contributed by atoms with Crippen molar-refractivity contribution in [3.05, 3.63) is 41.3 Å². The highest BCUT2D eigenvalue weighted by molar-refractivity contribution is 6.30. The van der Waals surface area contributed by atoms with Gasteiger partial charge in [-0.25, -0.2) is 9.97 Å². The maximum Gasteiger partial charge on any atom is 0.227 e. The standard InChI is InChI=1S/C19H25ClN6O/c20-18-15(2-1-6-21-18)14-25-8-4-16(5-9-25)23-17-3-7-22-19(24-17)26-10-12-27-13-11-26/h1-3,6-7,16H,4-5,8-14H2,(H,22,23,24). The van der Waals surface area contributed by atoms with Gasteiger partial charge < -0.3 is 15.0 Å². The first-order chi connectivity index (χ1) is 13.3. The molecule has 2 saturated heterocycles. The van der Waals surface area contributed by atoms with Crippen LogP contribution in [-0.4, -0.2) is 65.3 Å². The van der Waals surface area contributed by atoms with Gasteiger partial charge in [-0.15, -0.1) is 0 Å². The van der Waals surface area contributed by atoms with Crippen LogP contribution in [0.15, 0.2) is 30.6 Å². The van der Waals surface area contributed by atoms with Gasteiger partial charge in [-0.05, 0) is 25.0 Å². The average molecular weight is 389 g/mol. The minimum atomic E-state index is 0.429. The lowest BCUT2D eigenvalue weighted by molar-refractivity contribution is 0.122. The molecule has 0 saturated carbocycles. The average Bonchev–Trinajstić information content (AvgIpc) is 2.72. The number of ether oxygens (including phenoxy) is 1. The number of nitrogens with one attached hydrogen (secondary N) is 1. The molecule has 144 valence electrons. The van der Waals surface area contributed by atoms with E-state index in [1.54, 1.807) is 6.20 Å². The summed E-state index contributed by atoms with van der Waals surface area (Å²) in [5.74, 6) is 1.69. The minimum Gasteiger partial charge on any atom is -0.378 e. The summed E-state index contributed by atoms with van der Waals surface area (Å²) >= 11 is 6.18. The summed E-state index contributed by atoms with van der Waals surface area (Å²) in [5, 5.41) is 4.19. The van der Waals surface area contributed by atoms with Crippen molar-refractivity contribution < 1.29 is 4.74 Å². The monoisotopic (exact) mass is 388 g/mol. The van der Waals surface area contributed by atoms with Crippen molar-refractivity contribution in [1.82, 2.24) is 19.9 Å². The minimum absolute atomic E-state index is 0.429. The molecule has 2 aromatic rings. The highest BCUT2D eigenvalue weighted by Gasteiger charge is 2.21. The van der Waals surface area contributed by atoms with Crippen LogP contribution >= 0.6 is 11.6 Å². The van der Waals surface area contributed by atoms with Crippen molar-refractivity contribution in [1.29, 1.82) is 0 Å². The summed E-state index contributed by atoms with van der Waals surface area (Å²) in [6, 6.07) is 6.37. The molecule has 2 aromatic heterocycles. The number of halogens is 1. The Balaban J connectivity index is 1.29. The van der Waals surface area contributed by atoms with Crippen LogP contribution < -0.4 is 10.2 Å². The Morgan fingerprint density at radius 1 is 1.07 bits per heavy atom. The molecule has 0 bridgehead atoms. The van der Waals surface area contributed by atoms with Crippen molar-refractivity contribution in [2.24, 2.45) is 0 Å². The van der Waals surface area contributed by atoms with Crippen molar-refractivity contribution in [3.63, 3.8) is 0 Å². The normalized spacial score (nSPS) is 19.2. The van der Waals surface area contributed by atoms with Gasteiger partial charge in [-0.3, -0.25) is 4.90 Å². The maximum atomic E-state index is 6.18. The molecule has 4 heterocycles. The molecule has 4 rings (SSSR count). The second-order valence-corrected chi connectivity index (χ2v) is 7.35. The Labute approximate surface area is 164 Å². The number of piperidine rings is 1. The first-order valence-electron chi connectivity index (χ1n) is 9.52. The predicted molar refractivity (Wildman–Crippen MR) is 106 cm³/mol. The number of aromatic nitrogens is 3. The van der Waals surface area contributed by atoms with Crippen molar-refractivity contribution in [2.75, 3.05) is 49.6 Å². The summed E-state index contributed by atoms with van der Waals surface area (Å²) in [4.78, 5) is 17.9. The number of morpholine rings is 1. The zero-order valence-corrected chi connectivity index (χ0v) is 16.1. The van der Waals surface area contributed by atoms with Gasteiger partial charge in [0.05, 0.1) is 13.2 Å². The lowest BCUT2D eigenvalue weighted by atomic mass is 10.0. The molecule has 0 aliphatic carbocycles. The van der Waals surface area contributed by atoms with E-state index in [1.807, 2.05) is 24.4 Å². The summed E-state index contributed by atoms with van der Waals surface area (Å²) in [6.07, 6.45) is 5.72. The van der Waals surface area contributed by atoms with E-state index in [0.29, 0.717) is 11.2 Å². The molecule has 0 spiro atoms. The van der Waals surface area contributed by atoms with Crippen molar-refractivity contribution >= 4 is 23.4 Å². The summed E-state index contributed by atoms with van der Waals surface area (Å²) in [5.41, 5.74) is 1.09. The van der Waals surface area contributed by atoms with E-state index in [4.69, 9.17) is 21.3 Å². The Bertz CT molecular complexity index is 746. The number of rotatable bonds is 5. The first kappa shape index (κ1) is 18.4. The van der Waals surface area contributed by atoms with Crippen LogP contribution in [0.4, 0.5) is 11.8 Å². The molecule has 1 N–H and O–H groups in total. The molecule has 2 aliphatic heterocycles. The largest absolute Gasteiger partial charge is 0.378 e. The molecule has 2 aliphatic rings. The number of anilines is 2. The van der Waals surface area contributed by atoms with E-state index < -0.39 is 0 Å². The van der Waals surface area contributed by atoms with E-state index in [2.05, 4.69) is 25.1 Å². The Hall–Kier alpha value is -1.96. The SMILES string of the molecule is Clc1ncccc1CN1CCC(Nc2ccnc(N3CCOCC3)n2)CC1. The van der Waals surface area contributed by atoms with E-state index in [9.17, 15) is 0 Å². The second kappa shape index (κ2) is 8.82. The molecule has 0 atom stereocenters. The molecule has 0 unspecified atom stereocenters. The number of hydrogen-bond acceptors (Lipinski definition) is 7. The van der Waals surface area contributed by atoms with E-state index in [-0.39, 0.29) is 0 Å². The van der Waals surface area contributed by atoms with Crippen LogP contribution in [0.2, 0.25) is 5.15 Å². The zero-order valence-electron chi connectivity index (χ0n) is 15.4. The smallest absolute Gasteiger partial charge is 0.227 e. The highest BCUT2D eigenvalue weighted by atomic mass is 35.5. The zero-order chi connectivity index (χ0) is 18.5. The van der Waals surface area contributed by atoms with Crippen LogP contribution in [0.3, 0.4) is 0 Å². The van der Waals surface area contributed by atoms with E-state index >= 15 is 0 Å². The van der Waals surface area contributed by atoms with Gasteiger partial charge in [0, 0.05) is 56.7 Å². The number of likely N-dealkylation sites (tertiary alicyclic amines) is 1. The molecule has 0 amide bonds. The molecular formula is C19H25ClN6O. The number of pyridine rings is 1. The second-order valence-electron chi connectivity index (χ2n) is 6.99. The summed E-state index contributed by atoms with van der Waals surface area (Å²) in [7, 11) is 0. The topological polar surface area (TPSA) is 66.4 Å². The Morgan fingerprint density at radius 3 is 2.67 bits per heavy atom. The van der Waals surface area contributed by atoms with Crippen LogP contribution in [-0.2, 0) is 11.3 Å². The van der Waals surface area contributed by atoms with Crippen molar-refractivity contribution in [3.8, 4) is 0 Å². The van der Waals surface area contributed by atoms with Gasteiger partial charge in [0.1, 0.15) is 11.0 Å². The summed E-state index contributed by atoms with van der Waals surface area (Å²) in [6.45, 7) is 6.08.